The molecule has 0 radical (unpaired) electrons. The van der Waals surface area contributed by atoms with E-state index in [-0.39, 0.29) is 11.8 Å². The second-order valence-electron chi connectivity index (χ2n) is 7.74. The van der Waals surface area contributed by atoms with Crippen molar-refractivity contribution >= 4 is 23.2 Å². The fourth-order valence-corrected chi connectivity index (χ4v) is 3.37. The lowest BCUT2D eigenvalue weighted by atomic mass is 10.1. The number of nitrogens with one attached hydrogen (secondary N) is 2. The van der Waals surface area contributed by atoms with E-state index in [1.807, 2.05) is 26.0 Å². The van der Waals surface area contributed by atoms with Crippen LogP contribution in [0.15, 0.2) is 48.6 Å². The Kier molecular flexibility index (Phi) is 6.46. The van der Waals surface area contributed by atoms with Gasteiger partial charge in [0.05, 0.1) is 0 Å². The second-order valence-corrected chi connectivity index (χ2v) is 7.74. The van der Waals surface area contributed by atoms with Gasteiger partial charge in [-0.2, -0.15) is 15.1 Å². The molecule has 1 aliphatic rings. The van der Waals surface area contributed by atoms with Crippen molar-refractivity contribution in [3.63, 3.8) is 0 Å². The molecule has 0 amide bonds. The second kappa shape index (κ2) is 9.61. The monoisotopic (exact) mass is 433 g/mol. The molecule has 4 rings (SSSR count). The summed E-state index contributed by atoms with van der Waals surface area (Å²) in [5.74, 6) is 2.56. The molecule has 1 saturated heterocycles. The average Bonchev–Trinajstić information content (AvgIpc) is 3.19. The van der Waals surface area contributed by atoms with Crippen LogP contribution < -0.4 is 15.0 Å². The minimum absolute atomic E-state index is 0.0480. The zero-order chi connectivity index (χ0) is 22.5. The SMILES string of the molecule is C/C=C/C(=O)c1ccc(Oc2nc(Nc3cc(C)[nH]n3)cc(N3CCN(C)CC3)n2)cc1. The maximum Gasteiger partial charge on any atom is 0.325 e. The molecule has 0 atom stereocenters. The topological polar surface area (TPSA) is 99.3 Å². The van der Waals surface area contributed by atoms with Crippen LogP contribution in [0.5, 0.6) is 11.8 Å². The number of ketones is 1. The van der Waals surface area contributed by atoms with Gasteiger partial charge in [-0.1, -0.05) is 6.08 Å². The fraction of sp³-hybridized carbons (Fsp3) is 0.304. The Morgan fingerprint density at radius 2 is 1.84 bits per heavy atom. The van der Waals surface area contributed by atoms with Crippen molar-refractivity contribution in [3.8, 4) is 11.8 Å². The van der Waals surface area contributed by atoms with Gasteiger partial charge in [-0.15, -0.1) is 0 Å². The van der Waals surface area contributed by atoms with Gasteiger partial charge in [0.25, 0.3) is 0 Å². The van der Waals surface area contributed by atoms with Crippen LogP contribution in [-0.2, 0) is 0 Å². The standard InChI is InChI=1S/C23H27N7O2/c1-4-5-19(31)17-6-8-18(9-7-17)32-23-25-20(24-21-14-16(2)27-28-21)15-22(26-23)30-12-10-29(3)11-13-30/h4-9,14-15H,10-13H2,1-3H3,(H2,24,25,26,27,28)/b5-4+. The molecule has 0 unspecified atom stereocenters. The zero-order valence-corrected chi connectivity index (χ0v) is 18.5. The summed E-state index contributed by atoms with van der Waals surface area (Å²) in [7, 11) is 2.11. The zero-order valence-electron chi connectivity index (χ0n) is 18.5. The molecule has 1 aliphatic heterocycles. The van der Waals surface area contributed by atoms with Crippen LogP contribution in [0, 0.1) is 6.92 Å². The van der Waals surface area contributed by atoms with Crippen molar-refractivity contribution in [1.82, 2.24) is 25.1 Å². The third kappa shape index (κ3) is 5.30. The number of carbonyl (C=O) groups is 1. The number of rotatable bonds is 7. The Bertz CT molecular complexity index is 1100. The van der Waals surface area contributed by atoms with Crippen LogP contribution in [0.3, 0.4) is 0 Å². The first kappa shape index (κ1) is 21.5. The third-order valence-electron chi connectivity index (χ3n) is 5.15. The number of hydrogen-bond acceptors (Lipinski definition) is 8. The van der Waals surface area contributed by atoms with Gasteiger partial charge in [0, 0.05) is 49.6 Å². The van der Waals surface area contributed by atoms with Gasteiger partial charge in [0.2, 0.25) is 0 Å². The van der Waals surface area contributed by atoms with Crippen LogP contribution in [0.1, 0.15) is 23.0 Å². The number of anilines is 3. The first-order valence-electron chi connectivity index (χ1n) is 10.6. The highest BCUT2D eigenvalue weighted by Crippen LogP contribution is 2.26. The van der Waals surface area contributed by atoms with E-state index in [9.17, 15) is 4.79 Å². The molecule has 32 heavy (non-hydrogen) atoms. The van der Waals surface area contributed by atoms with Crippen molar-refractivity contribution in [2.75, 3.05) is 43.4 Å². The van der Waals surface area contributed by atoms with Gasteiger partial charge in [0.1, 0.15) is 17.4 Å². The number of hydrogen-bond donors (Lipinski definition) is 2. The number of carbonyl (C=O) groups excluding carboxylic acids is 1. The molecule has 3 aromatic rings. The molecule has 1 aromatic carbocycles. The Hall–Kier alpha value is -3.72. The van der Waals surface area contributed by atoms with E-state index in [2.05, 4.69) is 42.3 Å². The van der Waals surface area contributed by atoms with Gasteiger partial charge in [0.15, 0.2) is 11.6 Å². The molecule has 9 nitrogen and oxygen atoms in total. The van der Waals surface area contributed by atoms with Crippen molar-refractivity contribution < 1.29 is 9.53 Å². The summed E-state index contributed by atoms with van der Waals surface area (Å²) < 4.78 is 5.95. The Balaban J connectivity index is 1.58. The lowest BCUT2D eigenvalue weighted by Crippen LogP contribution is -2.44. The van der Waals surface area contributed by atoms with Crippen LogP contribution in [0.4, 0.5) is 17.5 Å². The Morgan fingerprint density at radius 3 is 2.50 bits per heavy atom. The number of aromatic amines is 1. The third-order valence-corrected chi connectivity index (χ3v) is 5.15. The maximum absolute atomic E-state index is 12.0. The molecule has 0 aliphatic carbocycles. The molecule has 0 bridgehead atoms. The highest BCUT2D eigenvalue weighted by atomic mass is 16.5. The lowest BCUT2D eigenvalue weighted by molar-refractivity contribution is 0.104. The van der Waals surface area contributed by atoms with Crippen LogP contribution >= 0.6 is 0 Å². The number of H-pyrrole nitrogens is 1. The fourth-order valence-electron chi connectivity index (χ4n) is 3.37. The van der Waals surface area contributed by atoms with Gasteiger partial charge >= 0.3 is 6.01 Å². The summed E-state index contributed by atoms with van der Waals surface area (Å²) in [5, 5.41) is 10.4. The first-order chi connectivity index (χ1) is 15.5. The van der Waals surface area contributed by atoms with E-state index in [0.717, 1.165) is 37.7 Å². The average molecular weight is 434 g/mol. The summed E-state index contributed by atoms with van der Waals surface area (Å²) in [6, 6.07) is 11.0. The van der Waals surface area contributed by atoms with Gasteiger partial charge < -0.3 is 19.9 Å². The summed E-state index contributed by atoms with van der Waals surface area (Å²) in [6.07, 6.45) is 3.26. The summed E-state index contributed by atoms with van der Waals surface area (Å²) in [6.45, 7) is 7.42. The summed E-state index contributed by atoms with van der Waals surface area (Å²) in [5.41, 5.74) is 1.55. The minimum Gasteiger partial charge on any atom is -0.424 e. The Labute approximate surface area is 187 Å². The van der Waals surface area contributed by atoms with Gasteiger partial charge in [-0.05, 0) is 51.2 Å². The molecule has 0 saturated carbocycles. The summed E-state index contributed by atoms with van der Waals surface area (Å²) in [4.78, 5) is 25.7. The molecular weight excluding hydrogens is 406 g/mol. The Morgan fingerprint density at radius 1 is 1.09 bits per heavy atom. The number of piperazine rings is 1. The predicted molar refractivity (Wildman–Crippen MR) is 124 cm³/mol. The lowest BCUT2D eigenvalue weighted by Gasteiger charge is -2.33. The number of ether oxygens (including phenoxy) is 1. The van der Waals surface area contributed by atoms with Crippen LogP contribution in [-0.4, -0.2) is 64.1 Å². The summed E-state index contributed by atoms with van der Waals surface area (Å²) >= 11 is 0. The number of aryl methyl sites for hydroxylation is 1. The number of aromatic nitrogens is 4. The first-order valence-corrected chi connectivity index (χ1v) is 10.6. The number of allylic oxidation sites excluding steroid dienone is 2. The van der Waals surface area contributed by atoms with Crippen molar-refractivity contribution in [3.05, 3.63) is 59.8 Å². The highest BCUT2D eigenvalue weighted by molar-refractivity contribution is 6.04. The van der Waals surface area contributed by atoms with E-state index < -0.39 is 0 Å². The molecule has 3 heterocycles. The minimum atomic E-state index is -0.0480. The molecule has 0 spiro atoms. The smallest absolute Gasteiger partial charge is 0.325 e. The van der Waals surface area contributed by atoms with Gasteiger partial charge in [-0.3, -0.25) is 9.89 Å². The highest BCUT2D eigenvalue weighted by Gasteiger charge is 2.18. The van der Waals surface area contributed by atoms with Gasteiger partial charge in [-0.25, -0.2) is 0 Å². The number of benzene rings is 1. The van der Waals surface area contributed by atoms with E-state index in [0.29, 0.717) is 22.9 Å². The van der Waals surface area contributed by atoms with E-state index in [4.69, 9.17) is 4.74 Å². The van der Waals surface area contributed by atoms with Crippen molar-refractivity contribution in [2.24, 2.45) is 0 Å². The molecule has 9 heteroatoms. The van der Waals surface area contributed by atoms with E-state index in [1.165, 1.54) is 6.08 Å². The number of nitrogens with zero attached hydrogens (tertiary/aromatic N) is 5. The largest absolute Gasteiger partial charge is 0.424 e. The predicted octanol–water partition coefficient (Wildman–Crippen LogP) is 3.55. The van der Waals surface area contributed by atoms with E-state index >= 15 is 0 Å². The number of likely N-dealkylation sites (N-methyl/N-ethyl adjacent to an activating group) is 1. The van der Waals surface area contributed by atoms with E-state index in [1.54, 1.807) is 30.3 Å². The maximum atomic E-state index is 12.0. The molecular formula is C23H27N7O2. The normalized spacial score (nSPS) is 14.7. The molecule has 2 N–H and O–H groups in total. The quantitative estimate of drug-likeness (QED) is 0.431. The van der Waals surface area contributed by atoms with Crippen molar-refractivity contribution in [1.29, 1.82) is 0 Å². The molecule has 166 valence electrons. The molecule has 2 aromatic heterocycles. The van der Waals surface area contributed by atoms with Crippen LogP contribution in [0.2, 0.25) is 0 Å². The van der Waals surface area contributed by atoms with Crippen LogP contribution in [0.25, 0.3) is 0 Å². The van der Waals surface area contributed by atoms with Crippen molar-refractivity contribution in [2.45, 2.75) is 13.8 Å². The molecule has 1 fully saturated rings.